The number of rotatable bonds is 4. The normalized spacial score (nSPS) is 17.9. The fourth-order valence-corrected chi connectivity index (χ4v) is 4.26. The maximum Gasteiger partial charge on any atom is 0.194 e. The van der Waals surface area contributed by atoms with Gasteiger partial charge in [-0.1, -0.05) is 29.8 Å². The molecule has 2 aromatic rings. The first-order chi connectivity index (χ1) is 14.8. The molecule has 7 nitrogen and oxygen atoms in total. The lowest BCUT2D eigenvalue weighted by Crippen LogP contribution is -2.52. The van der Waals surface area contributed by atoms with Crippen molar-refractivity contribution in [1.29, 1.82) is 0 Å². The van der Waals surface area contributed by atoms with Gasteiger partial charge in [0.2, 0.25) is 0 Å². The highest BCUT2D eigenvalue weighted by Gasteiger charge is 2.22. The molecule has 0 unspecified atom stereocenters. The van der Waals surface area contributed by atoms with Crippen molar-refractivity contribution in [1.82, 2.24) is 15.2 Å². The molecule has 3 heterocycles. The van der Waals surface area contributed by atoms with E-state index in [0.29, 0.717) is 6.54 Å². The van der Waals surface area contributed by atoms with E-state index in [1.807, 2.05) is 37.5 Å². The number of pyridine rings is 1. The lowest BCUT2D eigenvalue weighted by molar-refractivity contribution is 0.122. The minimum Gasteiger partial charge on any atom is -0.378 e. The average Bonchev–Trinajstić information content (AvgIpc) is 2.81. The van der Waals surface area contributed by atoms with E-state index in [9.17, 15) is 0 Å². The fraction of sp³-hybridized carbons (Fsp3) is 0.455. The molecule has 2 aliphatic rings. The molecule has 1 aromatic carbocycles. The van der Waals surface area contributed by atoms with Crippen LogP contribution in [0.4, 0.5) is 11.5 Å². The van der Waals surface area contributed by atoms with Crippen molar-refractivity contribution in [3.05, 3.63) is 53.2 Å². The van der Waals surface area contributed by atoms with Crippen molar-refractivity contribution in [2.75, 3.05) is 69.3 Å². The number of anilines is 2. The zero-order chi connectivity index (χ0) is 20.8. The van der Waals surface area contributed by atoms with Crippen LogP contribution in [0, 0.1) is 0 Å². The molecule has 2 fully saturated rings. The quantitative estimate of drug-likeness (QED) is 0.596. The number of morpholine rings is 1. The first-order valence-electron chi connectivity index (χ1n) is 10.5. The van der Waals surface area contributed by atoms with Crippen LogP contribution < -0.4 is 15.1 Å². The van der Waals surface area contributed by atoms with Gasteiger partial charge in [-0.05, 0) is 18.2 Å². The fourth-order valence-electron chi connectivity index (χ4n) is 4.00. The van der Waals surface area contributed by atoms with E-state index < -0.39 is 0 Å². The molecule has 0 amide bonds. The standard InChI is InChI=1S/C22H29ClN6O/c1-24-22(29-11-9-27(10-12-29)20-7-3-2-6-19(20)23)26-17-18-5-4-8-25-21(18)28-13-15-30-16-14-28/h2-8H,9-17H2,1H3,(H,24,26). The van der Waals surface area contributed by atoms with E-state index in [1.165, 1.54) is 5.56 Å². The lowest BCUT2D eigenvalue weighted by Gasteiger charge is -2.38. The van der Waals surface area contributed by atoms with Crippen LogP contribution in [0.1, 0.15) is 5.56 Å². The van der Waals surface area contributed by atoms with E-state index in [1.54, 1.807) is 0 Å². The summed E-state index contributed by atoms with van der Waals surface area (Å²) in [7, 11) is 1.84. The Kier molecular flexibility index (Phi) is 6.92. The number of nitrogens with one attached hydrogen (secondary N) is 1. The molecule has 0 saturated carbocycles. The number of hydrogen-bond donors (Lipinski definition) is 1. The van der Waals surface area contributed by atoms with Gasteiger partial charge < -0.3 is 24.8 Å². The Morgan fingerprint density at radius 1 is 1.03 bits per heavy atom. The smallest absolute Gasteiger partial charge is 0.194 e. The summed E-state index contributed by atoms with van der Waals surface area (Å²) in [6.45, 7) is 7.57. The molecule has 0 bridgehead atoms. The van der Waals surface area contributed by atoms with Crippen molar-refractivity contribution >= 4 is 29.1 Å². The number of piperazine rings is 1. The van der Waals surface area contributed by atoms with Crippen LogP contribution in [0.5, 0.6) is 0 Å². The number of aromatic nitrogens is 1. The van der Waals surface area contributed by atoms with E-state index in [4.69, 9.17) is 16.3 Å². The van der Waals surface area contributed by atoms with Crippen LogP contribution in [0.2, 0.25) is 5.02 Å². The van der Waals surface area contributed by atoms with Crippen molar-refractivity contribution in [3.63, 3.8) is 0 Å². The third-order valence-corrected chi connectivity index (χ3v) is 5.92. The van der Waals surface area contributed by atoms with E-state index in [-0.39, 0.29) is 0 Å². The number of hydrogen-bond acceptors (Lipinski definition) is 5. The van der Waals surface area contributed by atoms with E-state index in [0.717, 1.165) is 75.0 Å². The molecular formula is C22H29ClN6O. The van der Waals surface area contributed by atoms with E-state index >= 15 is 0 Å². The SMILES string of the molecule is CN=C(NCc1cccnc1N1CCOCC1)N1CCN(c2ccccc2Cl)CC1. The summed E-state index contributed by atoms with van der Waals surface area (Å²) in [6.07, 6.45) is 1.86. The average molecular weight is 429 g/mol. The summed E-state index contributed by atoms with van der Waals surface area (Å²) in [6, 6.07) is 12.2. The van der Waals surface area contributed by atoms with Gasteiger partial charge in [0, 0.05) is 64.6 Å². The third-order valence-electron chi connectivity index (χ3n) is 5.60. The summed E-state index contributed by atoms with van der Waals surface area (Å²) in [5, 5.41) is 4.34. The van der Waals surface area contributed by atoms with Crippen LogP contribution in [0.25, 0.3) is 0 Å². The van der Waals surface area contributed by atoms with Crippen LogP contribution in [0.3, 0.4) is 0 Å². The van der Waals surface area contributed by atoms with Crippen molar-refractivity contribution in [3.8, 4) is 0 Å². The molecule has 4 rings (SSSR count). The van der Waals surface area contributed by atoms with Crippen molar-refractivity contribution in [2.24, 2.45) is 4.99 Å². The summed E-state index contributed by atoms with van der Waals surface area (Å²) < 4.78 is 5.48. The maximum absolute atomic E-state index is 6.37. The molecule has 0 spiro atoms. The number of guanidine groups is 1. The van der Waals surface area contributed by atoms with Crippen molar-refractivity contribution in [2.45, 2.75) is 6.54 Å². The van der Waals surface area contributed by atoms with Crippen LogP contribution >= 0.6 is 11.6 Å². The van der Waals surface area contributed by atoms with Gasteiger partial charge >= 0.3 is 0 Å². The van der Waals surface area contributed by atoms with Gasteiger partial charge in [0.1, 0.15) is 5.82 Å². The monoisotopic (exact) mass is 428 g/mol. The molecule has 30 heavy (non-hydrogen) atoms. The van der Waals surface area contributed by atoms with Crippen LogP contribution in [0.15, 0.2) is 47.6 Å². The molecule has 2 saturated heterocycles. The molecular weight excluding hydrogens is 400 g/mol. The van der Waals surface area contributed by atoms with Gasteiger partial charge in [-0.3, -0.25) is 4.99 Å². The maximum atomic E-state index is 6.37. The first kappa shape index (κ1) is 20.8. The highest BCUT2D eigenvalue weighted by atomic mass is 35.5. The zero-order valence-corrected chi connectivity index (χ0v) is 18.2. The van der Waals surface area contributed by atoms with Gasteiger partial charge in [-0.2, -0.15) is 0 Å². The number of benzene rings is 1. The van der Waals surface area contributed by atoms with Gasteiger partial charge in [0.15, 0.2) is 5.96 Å². The van der Waals surface area contributed by atoms with Gasteiger partial charge in [0.25, 0.3) is 0 Å². The number of aliphatic imine (C=N–C) groups is 1. The molecule has 0 radical (unpaired) electrons. The molecule has 0 aliphatic carbocycles. The highest BCUT2D eigenvalue weighted by molar-refractivity contribution is 6.33. The Morgan fingerprint density at radius 3 is 2.53 bits per heavy atom. The van der Waals surface area contributed by atoms with Gasteiger partial charge in [-0.15, -0.1) is 0 Å². The lowest BCUT2D eigenvalue weighted by atomic mass is 10.2. The molecule has 1 aromatic heterocycles. The van der Waals surface area contributed by atoms with Gasteiger partial charge in [-0.25, -0.2) is 4.98 Å². The van der Waals surface area contributed by atoms with Crippen LogP contribution in [-0.4, -0.2) is 75.4 Å². The predicted molar refractivity (Wildman–Crippen MR) is 123 cm³/mol. The first-order valence-corrected chi connectivity index (χ1v) is 10.9. The van der Waals surface area contributed by atoms with Crippen LogP contribution in [-0.2, 0) is 11.3 Å². The highest BCUT2D eigenvalue weighted by Crippen LogP contribution is 2.26. The number of para-hydroxylation sites is 1. The Hall–Kier alpha value is -2.51. The number of halogens is 1. The Balaban J connectivity index is 1.36. The second kappa shape index (κ2) is 10.00. The molecule has 0 atom stereocenters. The molecule has 2 aliphatic heterocycles. The topological polar surface area (TPSA) is 56.2 Å². The largest absolute Gasteiger partial charge is 0.378 e. The molecule has 1 N–H and O–H groups in total. The Bertz CT molecular complexity index is 862. The Labute approximate surface area is 183 Å². The van der Waals surface area contributed by atoms with Crippen molar-refractivity contribution < 1.29 is 4.74 Å². The summed E-state index contributed by atoms with van der Waals surface area (Å²) in [4.78, 5) is 16.1. The zero-order valence-electron chi connectivity index (χ0n) is 17.4. The molecule has 160 valence electrons. The number of nitrogens with zero attached hydrogens (tertiary/aromatic N) is 5. The van der Waals surface area contributed by atoms with Gasteiger partial charge in [0.05, 0.1) is 23.9 Å². The summed E-state index contributed by atoms with van der Waals surface area (Å²) >= 11 is 6.37. The summed E-state index contributed by atoms with van der Waals surface area (Å²) in [5.74, 6) is 1.96. The minimum atomic E-state index is 0.692. The Morgan fingerprint density at radius 2 is 1.80 bits per heavy atom. The second-order valence-corrected chi connectivity index (χ2v) is 7.82. The molecule has 8 heteroatoms. The second-order valence-electron chi connectivity index (χ2n) is 7.41. The third kappa shape index (κ3) is 4.79. The predicted octanol–water partition coefficient (Wildman–Crippen LogP) is 2.47. The minimum absolute atomic E-state index is 0.692. The van der Waals surface area contributed by atoms with E-state index in [2.05, 4.69) is 42.1 Å². The number of ether oxygens (including phenoxy) is 1. The summed E-state index contributed by atoms with van der Waals surface area (Å²) in [5.41, 5.74) is 2.28.